The van der Waals surface area contributed by atoms with Crippen molar-refractivity contribution in [2.75, 3.05) is 26.2 Å². The van der Waals surface area contributed by atoms with Gasteiger partial charge in [-0.15, -0.1) is 0 Å². The van der Waals surface area contributed by atoms with Gasteiger partial charge in [0, 0.05) is 19.6 Å². The van der Waals surface area contributed by atoms with E-state index in [1.807, 2.05) is 0 Å². The Morgan fingerprint density at radius 1 is 1.06 bits per heavy atom. The highest BCUT2D eigenvalue weighted by Crippen LogP contribution is 2.46. The number of carbonyl (C=O) groups is 1. The van der Waals surface area contributed by atoms with Gasteiger partial charge in [0.05, 0.1) is 5.41 Å². The fourth-order valence-electron chi connectivity index (χ4n) is 4.19. The first-order valence-corrected chi connectivity index (χ1v) is 7.64. The van der Waals surface area contributed by atoms with Crippen LogP contribution in [-0.2, 0) is 4.79 Å². The van der Waals surface area contributed by atoms with E-state index in [2.05, 4.69) is 17.1 Å². The van der Waals surface area contributed by atoms with Gasteiger partial charge in [0.1, 0.15) is 0 Å². The van der Waals surface area contributed by atoms with E-state index in [-0.39, 0.29) is 5.41 Å². The lowest BCUT2D eigenvalue weighted by Gasteiger charge is -2.41. The minimum Gasteiger partial charge on any atom is -0.342 e. The Bertz CT molecular complexity index is 317. The van der Waals surface area contributed by atoms with Crippen LogP contribution in [0.15, 0.2) is 0 Å². The number of piperidine rings is 1. The maximum Gasteiger partial charge on any atom is 0.229 e. The first-order valence-electron chi connectivity index (χ1n) is 7.64. The van der Waals surface area contributed by atoms with Crippen LogP contribution < -0.4 is 5.32 Å². The van der Waals surface area contributed by atoms with Crippen molar-refractivity contribution in [3.8, 4) is 0 Å². The van der Waals surface area contributed by atoms with Crippen LogP contribution in [0.2, 0.25) is 0 Å². The predicted octanol–water partition coefficient (Wildman–Crippen LogP) is 2.17. The molecular formula is C15H26N2O. The average Bonchev–Trinajstić information content (AvgIpc) is 3.01. The van der Waals surface area contributed by atoms with Crippen molar-refractivity contribution in [1.82, 2.24) is 10.2 Å². The van der Waals surface area contributed by atoms with Crippen LogP contribution >= 0.6 is 0 Å². The second kappa shape index (κ2) is 4.52. The number of nitrogens with zero attached hydrogens (tertiary/aromatic N) is 1. The maximum absolute atomic E-state index is 12.6. The van der Waals surface area contributed by atoms with Gasteiger partial charge in [0.2, 0.25) is 5.91 Å². The first kappa shape index (κ1) is 12.5. The molecule has 1 spiro atoms. The molecule has 1 saturated carbocycles. The molecule has 1 unspecified atom stereocenters. The maximum atomic E-state index is 12.6. The Morgan fingerprint density at radius 3 is 2.28 bits per heavy atom. The zero-order chi connectivity index (χ0) is 12.6. The Morgan fingerprint density at radius 2 is 1.72 bits per heavy atom. The monoisotopic (exact) mass is 250 g/mol. The van der Waals surface area contributed by atoms with Crippen LogP contribution in [0.1, 0.15) is 51.9 Å². The highest BCUT2D eigenvalue weighted by atomic mass is 16.2. The Labute approximate surface area is 110 Å². The lowest BCUT2D eigenvalue weighted by molar-refractivity contribution is -0.142. The largest absolute Gasteiger partial charge is 0.342 e. The molecular weight excluding hydrogens is 224 g/mol. The molecule has 1 amide bonds. The second-order valence-corrected chi connectivity index (χ2v) is 6.99. The third-order valence-electron chi connectivity index (χ3n) is 5.66. The molecule has 18 heavy (non-hydrogen) atoms. The molecule has 2 heterocycles. The normalized spacial score (nSPS) is 35.3. The highest BCUT2D eigenvalue weighted by molar-refractivity contribution is 5.83. The van der Waals surface area contributed by atoms with E-state index < -0.39 is 0 Å². The predicted molar refractivity (Wildman–Crippen MR) is 72.3 cm³/mol. The summed E-state index contributed by atoms with van der Waals surface area (Å²) in [4.78, 5) is 14.8. The van der Waals surface area contributed by atoms with E-state index in [1.54, 1.807) is 0 Å². The molecule has 3 heteroatoms. The summed E-state index contributed by atoms with van der Waals surface area (Å²) in [5.74, 6) is 0.403. The summed E-state index contributed by atoms with van der Waals surface area (Å²) in [6, 6.07) is 0. The summed E-state index contributed by atoms with van der Waals surface area (Å²) in [5, 5.41) is 3.33. The van der Waals surface area contributed by atoms with Gasteiger partial charge in [-0.2, -0.15) is 0 Å². The number of hydrogen-bond donors (Lipinski definition) is 1. The molecule has 0 aromatic carbocycles. The molecule has 3 rings (SSSR count). The van der Waals surface area contributed by atoms with Crippen LogP contribution in [0, 0.1) is 10.8 Å². The summed E-state index contributed by atoms with van der Waals surface area (Å²) in [6.07, 6.45) is 9.16. The van der Waals surface area contributed by atoms with E-state index in [0.717, 1.165) is 32.6 Å². The molecule has 0 radical (unpaired) electrons. The molecule has 102 valence electrons. The Kier molecular flexibility index (Phi) is 3.13. The van der Waals surface area contributed by atoms with Gasteiger partial charge < -0.3 is 10.2 Å². The zero-order valence-corrected chi connectivity index (χ0v) is 11.6. The lowest BCUT2D eigenvalue weighted by atomic mass is 9.76. The second-order valence-electron chi connectivity index (χ2n) is 6.99. The fraction of sp³-hybridized carbons (Fsp3) is 0.933. The smallest absolute Gasteiger partial charge is 0.229 e. The third-order valence-corrected chi connectivity index (χ3v) is 5.66. The zero-order valence-electron chi connectivity index (χ0n) is 11.6. The van der Waals surface area contributed by atoms with Crippen LogP contribution in [0.5, 0.6) is 0 Å². The average molecular weight is 250 g/mol. The summed E-state index contributed by atoms with van der Waals surface area (Å²) in [6.45, 7) is 6.02. The van der Waals surface area contributed by atoms with Crippen molar-refractivity contribution in [1.29, 1.82) is 0 Å². The van der Waals surface area contributed by atoms with Crippen molar-refractivity contribution >= 4 is 5.91 Å². The van der Waals surface area contributed by atoms with E-state index in [4.69, 9.17) is 0 Å². The van der Waals surface area contributed by atoms with Crippen LogP contribution in [0.4, 0.5) is 0 Å². The van der Waals surface area contributed by atoms with Crippen molar-refractivity contribution in [2.24, 2.45) is 10.8 Å². The van der Waals surface area contributed by atoms with E-state index in [0.29, 0.717) is 11.3 Å². The lowest BCUT2D eigenvalue weighted by Crippen LogP contribution is -2.48. The van der Waals surface area contributed by atoms with Gasteiger partial charge in [-0.25, -0.2) is 0 Å². The molecule has 1 N–H and O–H groups in total. The van der Waals surface area contributed by atoms with Gasteiger partial charge in [0.25, 0.3) is 0 Å². The molecule has 3 nitrogen and oxygen atoms in total. The molecule has 0 aromatic rings. The third kappa shape index (κ3) is 2.07. The minimum atomic E-state index is -0.125. The SMILES string of the molecule is CC1(C(=O)N2CCC3(CCCC3)CC2)CCNC1. The van der Waals surface area contributed by atoms with Gasteiger partial charge in [-0.3, -0.25) is 4.79 Å². The summed E-state index contributed by atoms with van der Waals surface area (Å²) in [7, 11) is 0. The molecule has 2 aliphatic heterocycles. The quantitative estimate of drug-likeness (QED) is 0.773. The molecule has 1 aliphatic carbocycles. The van der Waals surface area contributed by atoms with Crippen LogP contribution in [-0.4, -0.2) is 37.0 Å². The standard InChI is InChI=1S/C15H26N2O/c1-14(6-9-16-12-14)13(18)17-10-7-15(8-11-17)4-2-3-5-15/h16H,2-12H2,1H3. The summed E-state index contributed by atoms with van der Waals surface area (Å²) >= 11 is 0. The van der Waals surface area contributed by atoms with Gasteiger partial charge in [0.15, 0.2) is 0 Å². The molecule has 1 atom stereocenters. The molecule has 3 fully saturated rings. The Hall–Kier alpha value is -0.570. The van der Waals surface area contributed by atoms with E-state index in [1.165, 1.54) is 38.5 Å². The number of rotatable bonds is 1. The molecule has 2 saturated heterocycles. The topological polar surface area (TPSA) is 32.3 Å². The van der Waals surface area contributed by atoms with Crippen molar-refractivity contribution in [3.05, 3.63) is 0 Å². The van der Waals surface area contributed by atoms with Crippen molar-refractivity contribution in [3.63, 3.8) is 0 Å². The van der Waals surface area contributed by atoms with Gasteiger partial charge in [-0.1, -0.05) is 12.8 Å². The number of hydrogen-bond acceptors (Lipinski definition) is 2. The Balaban J connectivity index is 1.60. The summed E-state index contributed by atoms with van der Waals surface area (Å²) in [5.41, 5.74) is 0.492. The van der Waals surface area contributed by atoms with Gasteiger partial charge >= 0.3 is 0 Å². The van der Waals surface area contributed by atoms with Crippen molar-refractivity contribution < 1.29 is 4.79 Å². The fourth-order valence-corrected chi connectivity index (χ4v) is 4.19. The van der Waals surface area contributed by atoms with Crippen molar-refractivity contribution in [2.45, 2.75) is 51.9 Å². The number of nitrogens with one attached hydrogen (secondary N) is 1. The number of carbonyl (C=O) groups excluding carboxylic acids is 1. The summed E-state index contributed by atoms with van der Waals surface area (Å²) < 4.78 is 0. The highest BCUT2D eigenvalue weighted by Gasteiger charge is 2.43. The molecule has 0 bridgehead atoms. The minimum absolute atomic E-state index is 0.125. The molecule has 3 aliphatic rings. The van der Waals surface area contributed by atoms with Crippen LogP contribution in [0.3, 0.4) is 0 Å². The first-order chi connectivity index (χ1) is 8.64. The van der Waals surface area contributed by atoms with Crippen LogP contribution in [0.25, 0.3) is 0 Å². The van der Waals surface area contributed by atoms with Gasteiger partial charge in [-0.05, 0) is 51.0 Å². The molecule has 0 aromatic heterocycles. The van der Waals surface area contributed by atoms with E-state index in [9.17, 15) is 4.79 Å². The van der Waals surface area contributed by atoms with E-state index >= 15 is 0 Å². The number of amides is 1. The number of likely N-dealkylation sites (tertiary alicyclic amines) is 1.